The highest BCUT2D eigenvalue weighted by Crippen LogP contribution is 2.23. The van der Waals surface area contributed by atoms with Crippen LogP contribution >= 0.6 is 11.8 Å². The van der Waals surface area contributed by atoms with Crippen LogP contribution in [0.25, 0.3) is 0 Å². The van der Waals surface area contributed by atoms with Gasteiger partial charge < -0.3 is 4.90 Å². The monoisotopic (exact) mass is 264 g/mol. The quantitative estimate of drug-likeness (QED) is 0.884. The van der Waals surface area contributed by atoms with E-state index in [-0.39, 0.29) is 12.1 Å². The van der Waals surface area contributed by atoms with Gasteiger partial charge >= 0.3 is 0 Å². The summed E-state index contributed by atoms with van der Waals surface area (Å²) in [4.78, 5) is 13.9. The summed E-state index contributed by atoms with van der Waals surface area (Å²) >= 11 is 1.83. The number of rotatable bonds is 5. The maximum atomic E-state index is 12.0. The van der Waals surface area contributed by atoms with Gasteiger partial charge in [0.15, 0.2) is 0 Å². The molecule has 0 spiro atoms. The molecule has 1 aromatic rings. The number of thioether (sulfide) groups is 1. The van der Waals surface area contributed by atoms with E-state index < -0.39 is 0 Å². The Morgan fingerprint density at radius 1 is 1.44 bits per heavy atom. The van der Waals surface area contributed by atoms with Gasteiger partial charge in [0.05, 0.1) is 6.54 Å². The van der Waals surface area contributed by atoms with Crippen molar-refractivity contribution in [3.8, 4) is 0 Å². The van der Waals surface area contributed by atoms with Gasteiger partial charge in [0.1, 0.15) is 6.17 Å². The van der Waals surface area contributed by atoms with Crippen LogP contribution in [0, 0.1) is 5.92 Å². The van der Waals surface area contributed by atoms with Crippen LogP contribution in [-0.4, -0.2) is 35.9 Å². The maximum absolute atomic E-state index is 12.0. The van der Waals surface area contributed by atoms with Gasteiger partial charge in [0, 0.05) is 6.54 Å². The lowest BCUT2D eigenvalue weighted by Gasteiger charge is -2.27. The first-order valence-electron chi connectivity index (χ1n) is 6.29. The molecule has 2 unspecified atom stereocenters. The highest BCUT2D eigenvalue weighted by molar-refractivity contribution is 7.98. The molecule has 0 bridgehead atoms. The van der Waals surface area contributed by atoms with Crippen molar-refractivity contribution in [2.45, 2.75) is 13.1 Å². The molecule has 1 N–H and O–H groups in total. The van der Waals surface area contributed by atoms with E-state index in [1.54, 1.807) is 0 Å². The summed E-state index contributed by atoms with van der Waals surface area (Å²) in [5.41, 5.74) is 1.17. The summed E-state index contributed by atoms with van der Waals surface area (Å²) in [5.74, 6) is 1.82. The Labute approximate surface area is 113 Å². The van der Waals surface area contributed by atoms with Crippen molar-refractivity contribution >= 4 is 17.7 Å². The van der Waals surface area contributed by atoms with Gasteiger partial charge in [0.25, 0.3) is 0 Å². The van der Waals surface area contributed by atoms with Crippen molar-refractivity contribution < 1.29 is 4.79 Å². The van der Waals surface area contributed by atoms with Crippen molar-refractivity contribution in [1.29, 1.82) is 0 Å². The summed E-state index contributed by atoms with van der Waals surface area (Å²) in [7, 11) is 0. The first-order valence-corrected chi connectivity index (χ1v) is 7.68. The van der Waals surface area contributed by atoms with Crippen molar-refractivity contribution in [1.82, 2.24) is 10.2 Å². The number of hydrogen-bond donors (Lipinski definition) is 1. The van der Waals surface area contributed by atoms with Gasteiger partial charge in [-0.05, 0) is 23.5 Å². The summed E-state index contributed by atoms with van der Waals surface area (Å²) < 4.78 is 0. The average molecular weight is 264 g/mol. The first kappa shape index (κ1) is 13.4. The molecule has 4 heteroatoms. The van der Waals surface area contributed by atoms with Crippen LogP contribution in [0.5, 0.6) is 0 Å². The van der Waals surface area contributed by atoms with Gasteiger partial charge in [-0.15, -0.1) is 0 Å². The fraction of sp³-hybridized carbons (Fsp3) is 0.500. The number of carbonyl (C=O) groups excluding carboxylic acids is 1. The number of nitrogens with one attached hydrogen (secondary N) is 1. The highest BCUT2D eigenvalue weighted by atomic mass is 32.2. The number of amides is 1. The van der Waals surface area contributed by atoms with Gasteiger partial charge in [-0.3, -0.25) is 10.1 Å². The molecule has 1 heterocycles. The molecule has 1 amide bonds. The number of hydrogen-bond acceptors (Lipinski definition) is 3. The van der Waals surface area contributed by atoms with E-state index in [2.05, 4.69) is 30.6 Å². The van der Waals surface area contributed by atoms with E-state index in [1.807, 2.05) is 34.9 Å². The van der Waals surface area contributed by atoms with Crippen LogP contribution in [0.3, 0.4) is 0 Å². The molecule has 18 heavy (non-hydrogen) atoms. The number of carbonyl (C=O) groups is 1. The van der Waals surface area contributed by atoms with E-state index in [4.69, 9.17) is 0 Å². The Morgan fingerprint density at radius 2 is 2.17 bits per heavy atom. The number of nitrogens with zero attached hydrogens (tertiary/aromatic N) is 1. The fourth-order valence-corrected chi connectivity index (χ4v) is 3.03. The lowest BCUT2D eigenvalue weighted by atomic mass is 10.1. The normalized spacial score (nSPS) is 21.3. The Morgan fingerprint density at radius 3 is 2.83 bits per heavy atom. The molecule has 0 aromatic heterocycles. The van der Waals surface area contributed by atoms with Gasteiger partial charge in [-0.25, -0.2) is 0 Å². The van der Waals surface area contributed by atoms with E-state index in [0.29, 0.717) is 12.5 Å². The zero-order valence-corrected chi connectivity index (χ0v) is 11.7. The lowest BCUT2D eigenvalue weighted by molar-refractivity contribution is -0.128. The summed E-state index contributed by atoms with van der Waals surface area (Å²) in [5, 5.41) is 3.29. The fourth-order valence-electron chi connectivity index (χ4n) is 2.35. The second-order valence-electron chi connectivity index (χ2n) is 4.80. The standard InChI is InChI=1S/C14H20N2OS/c1-11(10-18-2)9-16-13(17)8-15-14(16)12-6-4-3-5-7-12/h3-7,11,14-15H,8-10H2,1-2H3. The molecule has 0 saturated carbocycles. The van der Waals surface area contributed by atoms with Crippen LogP contribution in [0.4, 0.5) is 0 Å². The van der Waals surface area contributed by atoms with Crippen LogP contribution in [0.1, 0.15) is 18.7 Å². The van der Waals surface area contributed by atoms with Crippen molar-refractivity contribution in [3.63, 3.8) is 0 Å². The third-order valence-corrected chi connectivity index (χ3v) is 4.06. The maximum Gasteiger partial charge on any atom is 0.238 e. The van der Waals surface area contributed by atoms with Crippen LogP contribution in [-0.2, 0) is 4.79 Å². The van der Waals surface area contributed by atoms with E-state index in [9.17, 15) is 4.79 Å². The molecule has 1 aliphatic heterocycles. The Hall–Kier alpha value is -1.00. The second kappa shape index (κ2) is 6.25. The van der Waals surface area contributed by atoms with Gasteiger partial charge in [0.2, 0.25) is 5.91 Å². The van der Waals surface area contributed by atoms with Gasteiger partial charge in [-0.2, -0.15) is 11.8 Å². The minimum Gasteiger partial charge on any atom is -0.322 e. The van der Waals surface area contributed by atoms with Crippen LogP contribution < -0.4 is 5.32 Å². The smallest absolute Gasteiger partial charge is 0.238 e. The molecule has 1 aromatic carbocycles. The number of benzene rings is 1. The van der Waals surface area contributed by atoms with E-state index in [0.717, 1.165) is 12.3 Å². The zero-order valence-electron chi connectivity index (χ0n) is 10.9. The molecule has 0 radical (unpaired) electrons. The highest BCUT2D eigenvalue weighted by Gasteiger charge is 2.31. The molecule has 1 aliphatic rings. The molecule has 2 atom stereocenters. The molecule has 3 nitrogen and oxygen atoms in total. The van der Waals surface area contributed by atoms with Crippen LogP contribution in [0.2, 0.25) is 0 Å². The first-order chi connectivity index (χ1) is 8.72. The van der Waals surface area contributed by atoms with Crippen LogP contribution in [0.15, 0.2) is 30.3 Å². The third-order valence-electron chi connectivity index (χ3n) is 3.15. The van der Waals surface area contributed by atoms with E-state index >= 15 is 0 Å². The average Bonchev–Trinajstić information content (AvgIpc) is 2.73. The molecule has 98 valence electrons. The minimum absolute atomic E-state index is 0.0445. The zero-order chi connectivity index (χ0) is 13.0. The summed E-state index contributed by atoms with van der Waals surface area (Å²) in [6, 6.07) is 10.2. The molecule has 1 saturated heterocycles. The topological polar surface area (TPSA) is 32.3 Å². The van der Waals surface area contributed by atoms with Crippen molar-refractivity contribution in [2.24, 2.45) is 5.92 Å². The Bertz CT molecular complexity index is 396. The Kier molecular flexibility index (Phi) is 4.66. The molecular weight excluding hydrogens is 244 g/mol. The predicted molar refractivity (Wildman–Crippen MR) is 76.4 cm³/mol. The second-order valence-corrected chi connectivity index (χ2v) is 5.71. The third kappa shape index (κ3) is 3.06. The van der Waals surface area contributed by atoms with Crippen molar-refractivity contribution in [3.05, 3.63) is 35.9 Å². The summed E-state index contributed by atoms with van der Waals surface area (Å²) in [6.07, 6.45) is 2.15. The summed E-state index contributed by atoms with van der Waals surface area (Å²) in [6.45, 7) is 3.47. The lowest BCUT2D eigenvalue weighted by Crippen LogP contribution is -2.34. The molecule has 2 rings (SSSR count). The van der Waals surface area contributed by atoms with Gasteiger partial charge in [-0.1, -0.05) is 37.3 Å². The van der Waals surface area contributed by atoms with Crippen molar-refractivity contribution in [2.75, 3.05) is 25.1 Å². The Balaban J connectivity index is 2.08. The van der Waals surface area contributed by atoms with E-state index in [1.165, 1.54) is 5.56 Å². The SMILES string of the molecule is CSCC(C)CN1C(=O)CNC1c1ccccc1. The minimum atomic E-state index is 0.0445. The predicted octanol–water partition coefficient (Wildman–Crippen LogP) is 2.12. The largest absolute Gasteiger partial charge is 0.322 e. The molecule has 0 aliphatic carbocycles. The molecular formula is C14H20N2OS. The molecule has 1 fully saturated rings.